The lowest BCUT2D eigenvalue weighted by atomic mass is 10.1. The molecule has 0 saturated heterocycles. The van der Waals surface area contributed by atoms with Gasteiger partial charge < -0.3 is 15.5 Å². The molecule has 3 atom stereocenters. The second kappa shape index (κ2) is 5.52. The number of aliphatic hydroxyl groups is 2. The molecule has 0 heterocycles. The van der Waals surface area contributed by atoms with Gasteiger partial charge in [-0.3, -0.25) is 0 Å². The quantitative estimate of drug-likeness (QED) is 0.536. The molecule has 11 heavy (non-hydrogen) atoms. The third kappa shape index (κ3) is 7.78. The van der Waals surface area contributed by atoms with Gasteiger partial charge in [0.25, 0.3) is 0 Å². The number of nitrogens with one attached hydrogen (secondary N) is 1. The molecule has 0 aromatic heterocycles. The van der Waals surface area contributed by atoms with E-state index in [0.717, 1.165) is 6.42 Å². The number of hydrogen-bond acceptors (Lipinski definition) is 3. The van der Waals surface area contributed by atoms with Crippen LogP contribution in [0.4, 0.5) is 0 Å². The van der Waals surface area contributed by atoms with Crippen LogP contribution >= 0.6 is 0 Å². The maximum Gasteiger partial charge on any atom is 0.0636 e. The third-order valence-corrected chi connectivity index (χ3v) is 1.46. The highest BCUT2D eigenvalue weighted by Crippen LogP contribution is 1.95. The lowest BCUT2D eigenvalue weighted by Gasteiger charge is -2.16. The fourth-order valence-corrected chi connectivity index (χ4v) is 0.967. The van der Waals surface area contributed by atoms with Crippen LogP contribution in [0.5, 0.6) is 0 Å². The van der Waals surface area contributed by atoms with E-state index >= 15 is 0 Å². The minimum absolute atomic E-state index is 0.268. The Bertz CT molecular complexity index is 94.1. The van der Waals surface area contributed by atoms with Crippen LogP contribution in [-0.2, 0) is 0 Å². The monoisotopic (exact) mass is 161 g/mol. The van der Waals surface area contributed by atoms with Gasteiger partial charge in [-0.05, 0) is 27.2 Å². The number of aliphatic hydroxyl groups excluding tert-OH is 2. The van der Waals surface area contributed by atoms with Crippen molar-refractivity contribution in [2.45, 2.75) is 45.4 Å². The van der Waals surface area contributed by atoms with E-state index in [1.807, 2.05) is 6.92 Å². The average Bonchev–Trinajstić information content (AvgIpc) is 1.82. The summed E-state index contributed by atoms with van der Waals surface area (Å²) in [7, 11) is 0. The maximum absolute atomic E-state index is 8.99. The van der Waals surface area contributed by atoms with Gasteiger partial charge in [0.15, 0.2) is 0 Å². The van der Waals surface area contributed by atoms with Crippen molar-refractivity contribution in [3.05, 3.63) is 0 Å². The first-order chi connectivity index (χ1) is 5.02. The summed E-state index contributed by atoms with van der Waals surface area (Å²) in [6.45, 7) is 6.09. The van der Waals surface area contributed by atoms with E-state index in [1.165, 1.54) is 0 Å². The summed E-state index contributed by atoms with van der Waals surface area (Å²) in [4.78, 5) is 0. The van der Waals surface area contributed by atoms with Crippen LogP contribution in [0.3, 0.4) is 0 Å². The summed E-state index contributed by atoms with van der Waals surface area (Å²) in [6, 6.07) is 0.268. The van der Waals surface area contributed by atoms with E-state index in [-0.39, 0.29) is 18.2 Å². The topological polar surface area (TPSA) is 52.5 Å². The predicted molar refractivity (Wildman–Crippen MR) is 45.4 cm³/mol. The summed E-state index contributed by atoms with van der Waals surface area (Å²) in [6.07, 6.45) is 0.144. The van der Waals surface area contributed by atoms with Crippen LogP contribution in [0.1, 0.15) is 27.2 Å². The van der Waals surface area contributed by atoms with Gasteiger partial charge >= 0.3 is 0 Å². The molecule has 0 aliphatic rings. The van der Waals surface area contributed by atoms with E-state index in [1.54, 1.807) is 13.8 Å². The first kappa shape index (κ1) is 10.9. The van der Waals surface area contributed by atoms with Crippen LogP contribution < -0.4 is 5.32 Å². The maximum atomic E-state index is 8.99. The molecule has 3 nitrogen and oxygen atoms in total. The Morgan fingerprint density at radius 1 is 1.09 bits per heavy atom. The van der Waals surface area contributed by atoms with Gasteiger partial charge in [0.1, 0.15) is 0 Å². The zero-order chi connectivity index (χ0) is 8.85. The van der Waals surface area contributed by atoms with Crippen molar-refractivity contribution in [1.82, 2.24) is 5.32 Å². The smallest absolute Gasteiger partial charge is 0.0636 e. The minimum Gasteiger partial charge on any atom is -0.393 e. The fourth-order valence-electron chi connectivity index (χ4n) is 0.967. The van der Waals surface area contributed by atoms with Crippen molar-refractivity contribution in [3.63, 3.8) is 0 Å². The summed E-state index contributed by atoms with van der Waals surface area (Å²) in [5.41, 5.74) is 0. The molecule has 3 N–H and O–H groups in total. The van der Waals surface area contributed by atoms with Gasteiger partial charge in [0, 0.05) is 12.6 Å². The van der Waals surface area contributed by atoms with Crippen LogP contribution in [0.25, 0.3) is 0 Å². The van der Waals surface area contributed by atoms with Gasteiger partial charge in [0.2, 0.25) is 0 Å². The normalized spacial score (nSPS) is 19.4. The largest absolute Gasteiger partial charge is 0.393 e. The Morgan fingerprint density at radius 3 is 2.00 bits per heavy atom. The lowest BCUT2D eigenvalue weighted by molar-refractivity contribution is 0.156. The molecule has 0 radical (unpaired) electrons. The van der Waals surface area contributed by atoms with E-state index < -0.39 is 0 Å². The molecule has 0 spiro atoms. The average molecular weight is 161 g/mol. The van der Waals surface area contributed by atoms with Crippen LogP contribution in [0.2, 0.25) is 0 Å². The van der Waals surface area contributed by atoms with Crippen LogP contribution in [0, 0.1) is 0 Å². The molecule has 2 unspecified atom stereocenters. The first-order valence-corrected chi connectivity index (χ1v) is 4.12. The standard InChI is InChI=1S/C8H19NO2/c1-6(4-7(2)10)9-5-8(3)11/h6-11H,4-5H2,1-3H3/t6?,7?,8-/m1/s1. The molecule has 0 aliphatic heterocycles. The number of hydrogen-bond donors (Lipinski definition) is 3. The molecule has 0 aromatic rings. The Balaban J connectivity index is 3.29. The van der Waals surface area contributed by atoms with Crippen LogP contribution in [0.15, 0.2) is 0 Å². The molecule has 0 saturated carbocycles. The van der Waals surface area contributed by atoms with Gasteiger partial charge in [0.05, 0.1) is 12.2 Å². The van der Waals surface area contributed by atoms with Crippen molar-refractivity contribution < 1.29 is 10.2 Å². The van der Waals surface area contributed by atoms with Gasteiger partial charge in [-0.2, -0.15) is 0 Å². The molecule has 0 aliphatic carbocycles. The van der Waals surface area contributed by atoms with Crippen molar-refractivity contribution >= 4 is 0 Å². The van der Waals surface area contributed by atoms with E-state index in [0.29, 0.717) is 6.54 Å². The molecule has 68 valence electrons. The Morgan fingerprint density at radius 2 is 1.64 bits per heavy atom. The highest BCUT2D eigenvalue weighted by atomic mass is 16.3. The Labute approximate surface area is 68.4 Å². The van der Waals surface area contributed by atoms with Crippen molar-refractivity contribution in [2.24, 2.45) is 0 Å². The van der Waals surface area contributed by atoms with Crippen molar-refractivity contribution in [3.8, 4) is 0 Å². The molecule has 0 aromatic carbocycles. The second-order valence-electron chi connectivity index (χ2n) is 3.24. The molecular formula is C8H19NO2. The lowest BCUT2D eigenvalue weighted by Crippen LogP contribution is -2.34. The zero-order valence-corrected chi connectivity index (χ0v) is 7.54. The molecular weight excluding hydrogens is 142 g/mol. The Hall–Kier alpha value is -0.120. The zero-order valence-electron chi connectivity index (χ0n) is 7.54. The molecule has 0 fully saturated rings. The van der Waals surface area contributed by atoms with Gasteiger partial charge in [-0.15, -0.1) is 0 Å². The molecule has 3 heteroatoms. The fraction of sp³-hybridized carbons (Fsp3) is 1.00. The highest BCUT2D eigenvalue weighted by Gasteiger charge is 2.05. The Kier molecular flexibility index (Phi) is 5.46. The first-order valence-electron chi connectivity index (χ1n) is 4.12. The predicted octanol–water partition coefficient (Wildman–Crippen LogP) is 0.116. The van der Waals surface area contributed by atoms with Gasteiger partial charge in [-0.1, -0.05) is 0 Å². The summed E-state index contributed by atoms with van der Waals surface area (Å²) in [5.74, 6) is 0. The molecule has 0 rings (SSSR count). The van der Waals surface area contributed by atoms with E-state index in [4.69, 9.17) is 10.2 Å². The van der Waals surface area contributed by atoms with E-state index in [9.17, 15) is 0 Å². The van der Waals surface area contributed by atoms with Gasteiger partial charge in [-0.25, -0.2) is 0 Å². The SMILES string of the molecule is CC(O)CC(C)NC[C@@H](C)O. The summed E-state index contributed by atoms with van der Waals surface area (Å²) in [5, 5.41) is 21.0. The van der Waals surface area contributed by atoms with E-state index in [2.05, 4.69) is 5.32 Å². The highest BCUT2D eigenvalue weighted by molar-refractivity contribution is 4.65. The number of rotatable bonds is 5. The molecule has 0 amide bonds. The minimum atomic E-state index is -0.313. The van der Waals surface area contributed by atoms with Crippen molar-refractivity contribution in [2.75, 3.05) is 6.54 Å². The van der Waals surface area contributed by atoms with Crippen molar-refractivity contribution in [1.29, 1.82) is 0 Å². The van der Waals surface area contributed by atoms with Crippen LogP contribution in [-0.4, -0.2) is 35.0 Å². The third-order valence-electron chi connectivity index (χ3n) is 1.46. The summed E-state index contributed by atoms with van der Waals surface area (Å²) < 4.78 is 0. The summed E-state index contributed by atoms with van der Waals surface area (Å²) >= 11 is 0. The molecule has 0 bridgehead atoms. The second-order valence-corrected chi connectivity index (χ2v) is 3.24.